The lowest BCUT2D eigenvalue weighted by Crippen LogP contribution is -2.20. The highest BCUT2D eigenvalue weighted by atomic mass is 35.5. The molecule has 2 aromatic rings. The van der Waals surface area contributed by atoms with E-state index < -0.39 is 13.6 Å². The highest BCUT2D eigenvalue weighted by molar-refractivity contribution is 7.53. The normalized spacial score (nSPS) is 11.3. The molecule has 0 bridgehead atoms. The van der Waals surface area contributed by atoms with E-state index in [-0.39, 0.29) is 6.16 Å². The molecule has 0 saturated carbocycles. The molecule has 26 heavy (non-hydrogen) atoms. The Morgan fingerprint density at radius 3 is 2.15 bits per heavy atom. The first-order valence-corrected chi connectivity index (χ1v) is 10.1. The van der Waals surface area contributed by atoms with Gasteiger partial charge < -0.3 is 19.7 Å². The quantitative estimate of drug-likeness (QED) is 0.522. The standard InChI is InChI=1S/C16H16Cl3N2O4P/c1-24-26(23,25-2)9-10-5-11(17)3-4-15(10)21-16(22)20-14-7-12(18)6-13(19)8-14/h3-8H,9H2,1-2H3,(H2,20,21,22). The molecule has 2 rings (SSSR count). The molecule has 10 heteroatoms. The van der Waals surface area contributed by atoms with Crippen molar-refractivity contribution in [2.24, 2.45) is 0 Å². The van der Waals surface area contributed by atoms with Gasteiger partial charge in [-0.1, -0.05) is 34.8 Å². The molecule has 2 amide bonds. The molecule has 0 spiro atoms. The second-order valence-electron chi connectivity index (χ2n) is 5.17. The van der Waals surface area contributed by atoms with E-state index in [9.17, 15) is 9.36 Å². The van der Waals surface area contributed by atoms with Crippen LogP contribution in [0.25, 0.3) is 0 Å². The molecule has 6 nitrogen and oxygen atoms in total. The number of benzene rings is 2. The van der Waals surface area contributed by atoms with E-state index in [1.807, 2.05) is 0 Å². The van der Waals surface area contributed by atoms with E-state index in [0.29, 0.717) is 32.0 Å². The Hall–Kier alpha value is -1.27. The molecule has 2 aromatic carbocycles. The summed E-state index contributed by atoms with van der Waals surface area (Å²) in [5, 5.41) is 6.49. The van der Waals surface area contributed by atoms with Crippen LogP contribution >= 0.6 is 42.4 Å². The van der Waals surface area contributed by atoms with Gasteiger partial charge >= 0.3 is 13.6 Å². The van der Waals surface area contributed by atoms with Gasteiger partial charge in [0, 0.05) is 40.7 Å². The van der Waals surface area contributed by atoms with Crippen LogP contribution in [0.15, 0.2) is 36.4 Å². The van der Waals surface area contributed by atoms with Crippen LogP contribution in [-0.2, 0) is 19.8 Å². The van der Waals surface area contributed by atoms with Crippen LogP contribution in [0.4, 0.5) is 16.2 Å². The van der Waals surface area contributed by atoms with Crippen molar-refractivity contribution in [2.75, 3.05) is 24.9 Å². The highest BCUT2D eigenvalue weighted by Gasteiger charge is 2.24. The fourth-order valence-corrected chi connectivity index (χ4v) is 3.94. The first-order valence-electron chi connectivity index (χ1n) is 7.28. The third-order valence-corrected chi connectivity index (χ3v) is 5.87. The molecule has 0 saturated heterocycles. The smallest absolute Gasteiger partial charge is 0.312 e. The molecule has 0 radical (unpaired) electrons. The summed E-state index contributed by atoms with van der Waals surface area (Å²) < 4.78 is 22.3. The molecule has 0 aromatic heterocycles. The van der Waals surface area contributed by atoms with Gasteiger partial charge in [-0.15, -0.1) is 0 Å². The van der Waals surface area contributed by atoms with Gasteiger partial charge in [0.2, 0.25) is 0 Å². The van der Waals surface area contributed by atoms with E-state index in [0.717, 1.165) is 0 Å². The van der Waals surface area contributed by atoms with Crippen LogP contribution in [0.2, 0.25) is 15.1 Å². The second kappa shape index (κ2) is 9.09. The number of amides is 2. The summed E-state index contributed by atoms with van der Waals surface area (Å²) in [6, 6.07) is 8.91. The largest absolute Gasteiger partial charge is 0.334 e. The van der Waals surface area contributed by atoms with Crippen LogP contribution < -0.4 is 10.6 Å². The summed E-state index contributed by atoms with van der Waals surface area (Å²) in [6.07, 6.45) is -0.0564. The number of nitrogens with one attached hydrogen (secondary N) is 2. The topological polar surface area (TPSA) is 76.7 Å². The van der Waals surface area contributed by atoms with Crippen LogP contribution in [0.1, 0.15) is 5.56 Å². The zero-order valence-corrected chi connectivity index (χ0v) is 17.0. The Bertz CT molecular complexity index is 835. The number of hydrogen-bond donors (Lipinski definition) is 2. The van der Waals surface area contributed by atoms with Gasteiger partial charge in [0.1, 0.15) is 0 Å². The predicted molar refractivity (Wildman–Crippen MR) is 106 cm³/mol. The van der Waals surface area contributed by atoms with Crippen LogP contribution in [0.3, 0.4) is 0 Å². The molecule has 140 valence electrons. The number of rotatable bonds is 6. The molecule has 0 aliphatic heterocycles. The van der Waals surface area contributed by atoms with Crippen molar-refractivity contribution in [1.82, 2.24) is 0 Å². The minimum atomic E-state index is -3.34. The number of carbonyl (C=O) groups excluding carboxylic acids is 1. The van der Waals surface area contributed by atoms with Gasteiger partial charge in [-0.2, -0.15) is 0 Å². The molecule has 0 fully saturated rings. The lowest BCUT2D eigenvalue weighted by Gasteiger charge is -2.17. The van der Waals surface area contributed by atoms with Gasteiger partial charge in [0.25, 0.3) is 0 Å². The number of carbonyl (C=O) groups is 1. The van der Waals surface area contributed by atoms with Gasteiger partial charge in [-0.3, -0.25) is 4.57 Å². The Morgan fingerprint density at radius 1 is 0.962 bits per heavy atom. The SMILES string of the molecule is COP(=O)(Cc1cc(Cl)ccc1NC(=O)Nc1cc(Cl)cc(Cl)c1)OC. The minimum Gasteiger partial charge on any atom is -0.312 e. The van der Waals surface area contributed by atoms with Gasteiger partial charge in [0.15, 0.2) is 0 Å². The molecule has 0 aliphatic rings. The first-order chi connectivity index (χ1) is 12.2. The van der Waals surface area contributed by atoms with Crippen LogP contribution in [0, 0.1) is 0 Å². The fraction of sp³-hybridized carbons (Fsp3) is 0.188. The number of urea groups is 1. The van der Waals surface area contributed by atoms with Gasteiger partial charge in [-0.05, 0) is 42.0 Å². The summed E-state index contributed by atoms with van der Waals surface area (Å²) in [6.45, 7) is 0. The van der Waals surface area contributed by atoms with Gasteiger partial charge in [0.05, 0.1) is 6.16 Å². The number of halogens is 3. The van der Waals surface area contributed by atoms with E-state index in [2.05, 4.69) is 10.6 Å². The van der Waals surface area contributed by atoms with Crippen molar-refractivity contribution in [3.63, 3.8) is 0 Å². The molecule has 0 atom stereocenters. The first kappa shape index (κ1) is 21.0. The van der Waals surface area contributed by atoms with Crippen molar-refractivity contribution < 1.29 is 18.4 Å². The number of anilines is 2. The molecule has 0 unspecified atom stereocenters. The van der Waals surface area contributed by atoms with Crippen molar-refractivity contribution in [3.05, 3.63) is 57.0 Å². The predicted octanol–water partition coefficient (Wildman–Crippen LogP) is 6.28. The van der Waals surface area contributed by atoms with E-state index in [1.165, 1.54) is 14.2 Å². The van der Waals surface area contributed by atoms with Crippen molar-refractivity contribution in [2.45, 2.75) is 6.16 Å². The third-order valence-electron chi connectivity index (χ3n) is 3.36. The van der Waals surface area contributed by atoms with Crippen molar-refractivity contribution in [1.29, 1.82) is 0 Å². The van der Waals surface area contributed by atoms with Crippen molar-refractivity contribution >= 4 is 59.8 Å². The Labute approximate surface area is 166 Å². The minimum absolute atomic E-state index is 0.0564. The van der Waals surface area contributed by atoms with Crippen LogP contribution in [0.5, 0.6) is 0 Å². The Kier molecular flexibility index (Phi) is 7.35. The van der Waals surface area contributed by atoms with E-state index in [1.54, 1.807) is 36.4 Å². The molecular formula is C16H16Cl3N2O4P. The third kappa shape index (κ3) is 5.88. The van der Waals surface area contributed by atoms with Crippen molar-refractivity contribution in [3.8, 4) is 0 Å². The average Bonchev–Trinajstić information content (AvgIpc) is 2.56. The highest BCUT2D eigenvalue weighted by Crippen LogP contribution is 2.51. The zero-order valence-electron chi connectivity index (χ0n) is 13.9. The van der Waals surface area contributed by atoms with E-state index in [4.69, 9.17) is 43.9 Å². The summed E-state index contributed by atoms with van der Waals surface area (Å²) in [5.41, 5.74) is 1.34. The lowest BCUT2D eigenvalue weighted by molar-refractivity contribution is 0.262. The molecule has 0 heterocycles. The molecule has 0 aliphatic carbocycles. The average molecular weight is 438 g/mol. The monoisotopic (exact) mass is 436 g/mol. The summed E-state index contributed by atoms with van der Waals surface area (Å²) in [7, 11) is -0.760. The Balaban J connectivity index is 2.20. The Morgan fingerprint density at radius 2 is 1.58 bits per heavy atom. The maximum Gasteiger partial charge on any atom is 0.334 e. The maximum atomic E-state index is 12.4. The zero-order chi connectivity index (χ0) is 19.3. The van der Waals surface area contributed by atoms with Gasteiger partial charge in [-0.25, -0.2) is 4.79 Å². The maximum absolute atomic E-state index is 12.4. The molecular weight excluding hydrogens is 422 g/mol. The molecule has 2 N–H and O–H groups in total. The summed E-state index contributed by atoms with van der Waals surface area (Å²) in [4.78, 5) is 12.3. The van der Waals surface area contributed by atoms with E-state index >= 15 is 0 Å². The number of hydrogen-bond acceptors (Lipinski definition) is 4. The second-order valence-corrected chi connectivity index (χ2v) is 8.75. The lowest BCUT2D eigenvalue weighted by atomic mass is 10.2. The summed E-state index contributed by atoms with van der Waals surface area (Å²) >= 11 is 17.8. The fourth-order valence-electron chi connectivity index (χ4n) is 2.14. The summed E-state index contributed by atoms with van der Waals surface area (Å²) in [5.74, 6) is 0. The van der Waals surface area contributed by atoms with Crippen LogP contribution in [-0.4, -0.2) is 20.3 Å².